The number of fused-ring (bicyclic) bond motifs is 1. The van der Waals surface area contributed by atoms with Gasteiger partial charge in [-0.05, 0) is 24.8 Å². The first-order chi connectivity index (χ1) is 10.1. The molecule has 1 aromatic rings. The molecule has 1 fully saturated rings. The van der Waals surface area contributed by atoms with Crippen molar-refractivity contribution in [3.63, 3.8) is 0 Å². The second-order valence-corrected chi connectivity index (χ2v) is 5.37. The molecule has 1 amide bonds. The highest BCUT2D eigenvalue weighted by molar-refractivity contribution is 5.98. The zero-order valence-corrected chi connectivity index (χ0v) is 11.5. The maximum Gasteiger partial charge on any atom is 0.271 e. The summed E-state index contributed by atoms with van der Waals surface area (Å²) in [5, 5.41) is 10.9. The molecule has 0 aliphatic carbocycles. The first kappa shape index (κ1) is 14.0. The number of nitro groups is 1. The second kappa shape index (κ2) is 5.42. The molecule has 3 rings (SSSR count). The van der Waals surface area contributed by atoms with Gasteiger partial charge in [0.1, 0.15) is 6.10 Å². The Bertz CT molecular complexity index is 590. The van der Waals surface area contributed by atoms with Gasteiger partial charge in [-0.15, -0.1) is 0 Å². The van der Waals surface area contributed by atoms with Gasteiger partial charge in [-0.1, -0.05) is 6.07 Å². The Morgan fingerprint density at radius 3 is 2.95 bits per heavy atom. The van der Waals surface area contributed by atoms with Gasteiger partial charge in [0.05, 0.1) is 16.7 Å². The average Bonchev–Trinajstić information content (AvgIpc) is 3.12. The number of carbonyl (C=O) groups excluding carboxylic acids is 1. The molecule has 2 atom stereocenters. The van der Waals surface area contributed by atoms with E-state index in [2.05, 4.69) is 0 Å². The summed E-state index contributed by atoms with van der Waals surface area (Å²) in [6, 6.07) is 4.66. The summed E-state index contributed by atoms with van der Waals surface area (Å²) in [5.74, 6) is -0.120. The van der Waals surface area contributed by atoms with E-state index in [9.17, 15) is 14.9 Å². The smallest absolute Gasteiger partial charge is 0.271 e. The lowest BCUT2D eigenvalue weighted by Gasteiger charge is -2.21. The molecule has 1 aromatic carbocycles. The second-order valence-electron chi connectivity index (χ2n) is 5.37. The standard InChI is InChI=1S/C14H17N3O4/c15-8-11-3-4-13(21-11)14(18)16-6-5-9-1-2-10(17(19)20)7-12(9)16/h1-2,7,11,13H,3-6,8,15H2/t11-,13+/m1/s1. The number of nitro benzene ring substituents is 1. The number of carbonyl (C=O) groups is 1. The lowest BCUT2D eigenvalue weighted by atomic mass is 10.1. The summed E-state index contributed by atoms with van der Waals surface area (Å²) in [4.78, 5) is 24.6. The lowest BCUT2D eigenvalue weighted by Crippen LogP contribution is -2.38. The Morgan fingerprint density at radius 2 is 2.29 bits per heavy atom. The third-order valence-electron chi connectivity index (χ3n) is 4.09. The van der Waals surface area contributed by atoms with E-state index in [-0.39, 0.29) is 17.7 Å². The third kappa shape index (κ3) is 2.50. The highest BCUT2D eigenvalue weighted by Gasteiger charge is 2.36. The molecular weight excluding hydrogens is 274 g/mol. The van der Waals surface area contributed by atoms with E-state index in [1.807, 2.05) is 0 Å². The quantitative estimate of drug-likeness (QED) is 0.661. The Kier molecular flexibility index (Phi) is 3.60. The van der Waals surface area contributed by atoms with Crippen LogP contribution in [0.5, 0.6) is 0 Å². The van der Waals surface area contributed by atoms with Crippen LogP contribution in [0.3, 0.4) is 0 Å². The predicted octanol–water partition coefficient (Wildman–Crippen LogP) is 0.990. The van der Waals surface area contributed by atoms with Crippen molar-refractivity contribution in [2.24, 2.45) is 5.73 Å². The molecule has 0 unspecified atom stereocenters. The summed E-state index contributed by atoms with van der Waals surface area (Å²) in [6.07, 6.45) is 1.60. The van der Waals surface area contributed by atoms with E-state index < -0.39 is 11.0 Å². The van der Waals surface area contributed by atoms with Crippen LogP contribution in [0.4, 0.5) is 11.4 Å². The Balaban J connectivity index is 1.82. The minimum absolute atomic E-state index is 0.000579. The minimum Gasteiger partial charge on any atom is -0.364 e. The topological polar surface area (TPSA) is 98.7 Å². The van der Waals surface area contributed by atoms with Gasteiger partial charge in [-0.25, -0.2) is 0 Å². The molecule has 7 heteroatoms. The van der Waals surface area contributed by atoms with Gasteiger partial charge in [-0.3, -0.25) is 14.9 Å². The van der Waals surface area contributed by atoms with E-state index >= 15 is 0 Å². The monoisotopic (exact) mass is 291 g/mol. The van der Waals surface area contributed by atoms with Crippen molar-refractivity contribution in [3.05, 3.63) is 33.9 Å². The van der Waals surface area contributed by atoms with E-state index in [0.717, 1.165) is 12.0 Å². The average molecular weight is 291 g/mol. The van der Waals surface area contributed by atoms with Crippen LogP contribution < -0.4 is 10.6 Å². The van der Waals surface area contributed by atoms with Crippen molar-refractivity contribution in [2.75, 3.05) is 18.0 Å². The molecule has 2 aliphatic heterocycles. The number of rotatable bonds is 3. The van der Waals surface area contributed by atoms with Crippen LogP contribution in [0.25, 0.3) is 0 Å². The van der Waals surface area contributed by atoms with Crippen LogP contribution >= 0.6 is 0 Å². The molecule has 21 heavy (non-hydrogen) atoms. The number of amides is 1. The van der Waals surface area contributed by atoms with Crippen molar-refractivity contribution in [3.8, 4) is 0 Å². The molecular formula is C14H17N3O4. The molecule has 0 aromatic heterocycles. The largest absolute Gasteiger partial charge is 0.364 e. The molecule has 0 bridgehead atoms. The van der Waals surface area contributed by atoms with E-state index in [1.165, 1.54) is 12.1 Å². The first-order valence-corrected chi connectivity index (χ1v) is 7.04. The SMILES string of the molecule is NC[C@H]1CC[C@@H](C(=O)N2CCc3ccc([N+](=O)[O-])cc32)O1. The molecule has 2 N–H and O–H groups in total. The molecule has 2 aliphatic rings. The number of anilines is 1. The fourth-order valence-corrected chi connectivity index (χ4v) is 2.94. The first-order valence-electron chi connectivity index (χ1n) is 7.04. The van der Waals surface area contributed by atoms with Crippen molar-refractivity contribution in [2.45, 2.75) is 31.5 Å². The van der Waals surface area contributed by atoms with Crippen molar-refractivity contribution in [1.29, 1.82) is 0 Å². The van der Waals surface area contributed by atoms with Crippen molar-refractivity contribution < 1.29 is 14.5 Å². The van der Waals surface area contributed by atoms with Crippen LogP contribution in [0.2, 0.25) is 0 Å². The van der Waals surface area contributed by atoms with E-state index in [0.29, 0.717) is 31.6 Å². The maximum absolute atomic E-state index is 12.5. The fourth-order valence-electron chi connectivity index (χ4n) is 2.94. The number of hydrogen-bond donors (Lipinski definition) is 1. The van der Waals surface area contributed by atoms with E-state index in [1.54, 1.807) is 11.0 Å². The maximum atomic E-state index is 12.5. The molecule has 1 saturated heterocycles. The predicted molar refractivity (Wildman–Crippen MR) is 76.1 cm³/mol. The van der Waals surface area contributed by atoms with Gasteiger partial charge in [0.15, 0.2) is 0 Å². The van der Waals surface area contributed by atoms with Crippen LogP contribution in [0, 0.1) is 10.1 Å². The molecule has 0 radical (unpaired) electrons. The molecule has 0 spiro atoms. The summed E-state index contributed by atoms with van der Waals surface area (Å²) in [7, 11) is 0. The fraction of sp³-hybridized carbons (Fsp3) is 0.500. The van der Waals surface area contributed by atoms with Gasteiger partial charge in [0, 0.05) is 25.2 Å². The normalized spacial score (nSPS) is 24.1. The number of benzene rings is 1. The van der Waals surface area contributed by atoms with Crippen molar-refractivity contribution in [1.82, 2.24) is 0 Å². The highest BCUT2D eigenvalue weighted by Crippen LogP contribution is 2.33. The summed E-state index contributed by atoms with van der Waals surface area (Å²) >= 11 is 0. The van der Waals surface area contributed by atoms with Crippen LogP contribution in [-0.2, 0) is 16.0 Å². The van der Waals surface area contributed by atoms with E-state index in [4.69, 9.17) is 10.5 Å². The lowest BCUT2D eigenvalue weighted by molar-refractivity contribution is -0.384. The van der Waals surface area contributed by atoms with Gasteiger partial charge in [0.25, 0.3) is 11.6 Å². The van der Waals surface area contributed by atoms with Gasteiger partial charge < -0.3 is 15.4 Å². The van der Waals surface area contributed by atoms with Gasteiger partial charge >= 0.3 is 0 Å². The molecule has 0 saturated carbocycles. The zero-order valence-electron chi connectivity index (χ0n) is 11.5. The summed E-state index contributed by atoms with van der Waals surface area (Å²) in [5.41, 5.74) is 7.15. The van der Waals surface area contributed by atoms with Gasteiger partial charge in [0.2, 0.25) is 0 Å². The van der Waals surface area contributed by atoms with Gasteiger partial charge in [-0.2, -0.15) is 0 Å². The number of ether oxygens (including phenoxy) is 1. The Labute approximate surface area is 121 Å². The molecule has 112 valence electrons. The Hall–Kier alpha value is -1.99. The Morgan fingerprint density at radius 1 is 1.48 bits per heavy atom. The third-order valence-corrected chi connectivity index (χ3v) is 4.09. The minimum atomic E-state index is -0.483. The van der Waals surface area contributed by atoms with Crippen LogP contribution in [0.15, 0.2) is 18.2 Å². The van der Waals surface area contributed by atoms with Crippen LogP contribution in [0.1, 0.15) is 18.4 Å². The summed E-state index contributed by atoms with van der Waals surface area (Å²) in [6.45, 7) is 0.953. The van der Waals surface area contributed by atoms with Crippen molar-refractivity contribution >= 4 is 17.3 Å². The number of non-ortho nitro benzene ring substituents is 1. The zero-order chi connectivity index (χ0) is 15.0. The number of nitrogens with zero attached hydrogens (tertiary/aromatic N) is 2. The molecule has 7 nitrogen and oxygen atoms in total. The summed E-state index contributed by atoms with van der Waals surface area (Å²) < 4.78 is 5.63. The highest BCUT2D eigenvalue weighted by atomic mass is 16.6. The van der Waals surface area contributed by atoms with Crippen LogP contribution in [-0.4, -0.2) is 36.1 Å². The number of nitrogens with two attached hydrogens (primary N) is 1. The number of hydrogen-bond acceptors (Lipinski definition) is 5. The molecule has 2 heterocycles.